The third kappa shape index (κ3) is 2.42. The molecule has 0 heterocycles. The van der Waals surface area contributed by atoms with Crippen molar-refractivity contribution in [1.29, 1.82) is 0 Å². The molecule has 4 heteroatoms. The minimum Gasteiger partial charge on any atom is -0.465 e. The van der Waals surface area contributed by atoms with Crippen LogP contribution in [-0.4, -0.2) is 19.3 Å². The lowest BCUT2D eigenvalue weighted by atomic mass is 10.1. The Morgan fingerprint density at radius 1 is 1.57 bits per heavy atom. The topological polar surface area (TPSA) is 52.3 Å². The van der Waals surface area contributed by atoms with E-state index in [1.165, 1.54) is 7.11 Å². The maximum atomic E-state index is 11.4. The highest BCUT2D eigenvalue weighted by atomic mass is 32.2. The van der Waals surface area contributed by atoms with E-state index in [2.05, 4.69) is 4.74 Å². The van der Waals surface area contributed by atoms with Crippen LogP contribution in [0.5, 0.6) is 0 Å². The minimum atomic E-state index is -0.332. The Balaban J connectivity index is 3.08. The lowest BCUT2D eigenvalue weighted by Crippen LogP contribution is -2.06. The van der Waals surface area contributed by atoms with Crippen molar-refractivity contribution in [2.45, 2.75) is 5.75 Å². The van der Waals surface area contributed by atoms with Gasteiger partial charge in [0, 0.05) is 11.4 Å². The number of carbonyl (C=O) groups is 1. The lowest BCUT2D eigenvalue weighted by molar-refractivity contribution is 0.0600. The number of ether oxygens (including phenoxy) is 1. The molecule has 76 valence electrons. The van der Waals surface area contributed by atoms with Gasteiger partial charge in [-0.25, -0.2) is 4.79 Å². The standard InChI is InChI=1S/C10H13NO2S/c1-13-10(12)9-5-8(11)4-3-7(9)6-14-2/h3-5H,6,11H2,1-2H3. The van der Waals surface area contributed by atoms with E-state index in [9.17, 15) is 4.79 Å². The van der Waals surface area contributed by atoms with Gasteiger partial charge in [0.1, 0.15) is 0 Å². The third-order valence-electron chi connectivity index (χ3n) is 1.84. The molecule has 0 aromatic heterocycles. The minimum absolute atomic E-state index is 0.332. The second-order valence-corrected chi connectivity index (χ2v) is 3.71. The summed E-state index contributed by atoms with van der Waals surface area (Å²) in [5.74, 6) is 0.450. The molecule has 0 aliphatic rings. The SMILES string of the molecule is COC(=O)c1cc(N)ccc1CSC. The highest BCUT2D eigenvalue weighted by molar-refractivity contribution is 7.97. The maximum absolute atomic E-state index is 11.4. The van der Waals surface area contributed by atoms with Crippen LogP contribution in [0.2, 0.25) is 0 Å². The van der Waals surface area contributed by atoms with Gasteiger partial charge in [-0.1, -0.05) is 6.07 Å². The van der Waals surface area contributed by atoms with Crippen molar-refractivity contribution in [2.75, 3.05) is 19.1 Å². The first-order valence-electron chi connectivity index (χ1n) is 4.14. The summed E-state index contributed by atoms with van der Waals surface area (Å²) in [6.45, 7) is 0. The number of thioether (sulfide) groups is 1. The van der Waals surface area contributed by atoms with E-state index in [0.29, 0.717) is 11.3 Å². The van der Waals surface area contributed by atoms with Crippen LogP contribution in [0.4, 0.5) is 5.69 Å². The smallest absolute Gasteiger partial charge is 0.338 e. The van der Waals surface area contributed by atoms with Crippen LogP contribution in [0.3, 0.4) is 0 Å². The molecule has 0 unspecified atom stereocenters. The zero-order valence-electron chi connectivity index (χ0n) is 8.24. The van der Waals surface area contributed by atoms with Gasteiger partial charge in [0.05, 0.1) is 12.7 Å². The van der Waals surface area contributed by atoms with Gasteiger partial charge in [-0.15, -0.1) is 0 Å². The summed E-state index contributed by atoms with van der Waals surface area (Å²) in [6, 6.07) is 5.30. The van der Waals surface area contributed by atoms with E-state index >= 15 is 0 Å². The molecule has 0 atom stereocenters. The zero-order chi connectivity index (χ0) is 10.6. The quantitative estimate of drug-likeness (QED) is 0.613. The van der Waals surface area contributed by atoms with E-state index in [-0.39, 0.29) is 5.97 Å². The highest BCUT2D eigenvalue weighted by Crippen LogP contribution is 2.18. The number of anilines is 1. The van der Waals surface area contributed by atoms with E-state index in [4.69, 9.17) is 5.73 Å². The average molecular weight is 211 g/mol. The largest absolute Gasteiger partial charge is 0.465 e. The Labute approximate surface area is 87.6 Å². The fourth-order valence-corrected chi connectivity index (χ4v) is 1.74. The second kappa shape index (κ2) is 4.91. The average Bonchev–Trinajstić information content (AvgIpc) is 2.20. The molecule has 1 rings (SSSR count). The first kappa shape index (κ1) is 10.9. The number of nitrogens with two attached hydrogens (primary N) is 1. The molecule has 0 amide bonds. The van der Waals surface area contributed by atoms with Crippen LogP contribution in [0.1, 0.15) is 15.9 Å². The number of hydrogen-bond acceptors (Lipinski definition) is 4. The van der Waals surface area contributed by atoms with Gasteiger partial charge < -0.3 is 10.5 Å². The van der Waals surface area contributed by atoms with Crippen molar-refractivity contribution in [3.05, 3.63) is 29.3 Å². The number of esters is 1. The molecule has 0 radical (unpaired) electrons. The molecule has 1 aromatic carbocycles. The molecule has 0 fully saturated rings. The normalized spacial score (nSPS) is 9.86. The summed E-state index contributed by atoms with van der Waals surface area (Å²) in [6.07, 6.45) is 1.98. The molecule has 3 nitrogen and oxygen atoms in total. The Morgan fingerprint density at radius 2 is 2.29 bits per heavy atom. The van der Waals surface area contributed by atoms with Gasteiger partial charge >= 0.3 is 5.97 Å². The van der Waals surface area contributed by atoms with Crippen molar-refractivity contribution >= 4 is 23.4 Å². The van der Waals surface area contributed by atoms with Crippen LogP contribution in [0.25, 0.3) is 0 Å². The summed E-state index contributed by atoms with van der Waals surface area (Å²) < 4.78 is 4.67. The number of hydrogen-bond donors (Lipinski definition) is 1. The third-order valence-corrected chi connectivity index (χ3v) is 2.44. The fraction of sp³-hybridized carbons (Fsp3) is 0.300. The zero-order valence-corrected chi connectivity index (χ0v) is 9.06. The highest BCUT2D eigenvalue weighted by Gasteiger charge is 2.11. The Hall–Kier alpha value is -1.16. The van der Waals surface area contributed by atoms with E-state index < -0.39 is 0 Å². The molecule has 2 N–H and O–H groups in total. The maximum Gasteiger partial charge on any atom is 0.338 e. The summed E-state index contributed by atoms with van der Waals surface area (Å²) in [7, 11) is 1.37. The molecular weight excluding hydrogens is 198 g/mol. The molecule has 0 saturated carbocycles. The monoisotopic (exact) mass is 211 g/mol. The first-order valence-corrected chi connectivity index (χ1v) is 5.54. The number of benzene rings is 1. The molecular formula is C10H13NO2S. The molecule has 0 bridgehead atoms. The predicted molar refractivity (Wildman–Crippen MR) is 59.4 cm³/mol. The molecule has 0 aliphatic heterocycles. The van der Waals surface area contributed by atoms with Crippen LogP contribution in [-0.2, 0) is 10.5 Å². The van der Waals surface area contributed by atoms with Crippen LogP contribution < -0.4 is 5.73 Å². The van der Waals surface area contributed by atoms with Gasteiger partial charge in [0.25, 0.3) is 0 Å². The molecule has 0 spiro atoms. The molecule has 0 aliphatic carbocycles. The van der Waals surface area contributed by atoms with Crippen molar-refractivity contribution in [1.82, 2.24) is 0 Å². The van der Waals surface area contributed by atoms with Crippen molar-refractivity contribution in [3.8, 4) is 0 Å². The van der Waals surface area contributed by atoms with Gasteiger partial charge in [-0.05, 0) is 24.0 Å². The number of rotatable bonds is 3. The molecule has 14 heavy (non-hydrogen) atoms. The molecule has 1 aromatic rings. The van der Waals surface area contributed by atoms with E-state index in [0.717, 1.165) is 11.3 Å². The summed E-state index contributed by atoms with van der Waals surface area (Å²) in [5.41, 5.74) is 7.69. The van der Waals surface area contributed by atoms with E-state index in [1.54, 1.807) is 23.9 Å². The number of methoxy groups -OCH3 is 1. The van der Waals surface area contributed by atoms with Crippen molar-refractivity contribution in [2.24, 2.45) is 0 Å². The number of carbonyl (C=O) groups excluding carboxylic acids is 1. The van der Waals surface area contributed by atoms with Crippen molar-refractivity contribution < 1.29 is 9.53 Å². The number of nitrogen functional groups attached to an aromatic ring is 1. The predicted octanol–water partition coefficient (Wildman–Crippen LogP) is 1.92. The Kier molecular flexibility index (Phi) is 3.83. The van der Waals surface area contributed by atoms with Crippen LogP contribution in [0, 0.1) is 0 Å². The summed E-state index contributed by atoms with van der Waals surface area (Å²) >= 11 is 1.65. The fourth-order valence-electron chi connectivity index (χ4n) is 1.18. The van der Waals surface area contributed by atoms with E-state index in [1.807, 2.05) is 12.3 Å². The van der Waals surface area contributed by atoms with Crippen molar-refractivity contribution in [3.63, 3.8) is 0 Å². The van der Waals surface area contributed by atoms with Crippen LogP contribution >= 0.6 is 11.8 Å². The van der Waals surface area contributed by atoms with Gasteiger partial charge in [0.2, 0.25) is 0 Å². The van der Waals surface area contributed by atoms with Gasteiger partial charge in [-0.3, -0.25) is 0 Å². The van der Waals surface area contributed by atoms with Crippen LogP contribution in [0.15, 0.2) is 18.2 Å². The summed E-state index contributed by atoms with van der Waals surface area (Å²) in [4.78, 5) is 11.4. The Bertz CT molecular complexity index is 339. The summed E-state index contributed by atoms with van der Waals surface area (Å²) in [5, 5.41) is 0. The Morgan fingerprint density at radius 3 is 2.86 bits per heavy atom. The lowest BCUT2D eigenvalue weighted by Gasteiger charge is -2.07. The van der Waals surface area contributed by atoms with Gasteiger partial charge in [0.15, 0.2) is 0 Å². The molecule has 0 saturated heterocycles. The first-order chi connectivity index (χ1) is 6.69. The van der Waals surface area contributed by atoms with Gasteiger partial charge in [-0.2, -0.15) is 11.8 Å². The second-order valence-electron chi connectivity index (χ2n) is 2.84.